The molecule has 0 bridgehead atoms. The maximum absolute atomic E-state index is 12.1. The van der Waals surface area contributed by atoms with Gasteiger partial charge in [0.25, 0.3) is 0 Å². The van der Waals surface area contributed by atoms with Crippen molar-refractivity contribution in [3.05, 3.63) is 34.9 Å². The lowest BCUT2D eigenvalue weighted by Gasteiger charge is -2.18. The molecule has 1 fully saturated rings. The van der Waals surface area contributed by atoms with Gasteiger partial charge >= 0.3 is 0 Å². The molecule has 2 aliphatic carbocycles. The maximum atomic E-state index is 12.1. The van der Waals surface area contributed by atoms with Gasteiger partial charge in [-0.3, -0.25) is 4.79 Å². The van der Waals surface area contributed by atoms with Gasteiger partial charge in [0.2, 0.25) is 0 Å². The van der Waals surface area contributed by atoms with Crippen LogP contribution in [-0.2, 0) is 12.8 Å². The number of carbonyl (C=O) groups is 1. The Morgan fingerprint density at radius 3 is 2.73 bits per heavy atom. The molecule has 0 amide bonds. The van der Waals surface area contributed by atoms with Crippen LogP contribution in [0, 0.1) is 5.92 Å². The SMILES string of the molecule is O=C(c1cccc2c1CCCC2)C1CC1. The fourth-order valence-electron chi connectivity index (χ4n) is 2.58. The van der Waals surface area contributed by atoms with Crippen molar-refractivity contribution in [2.75, 3.05) is 0 Å². The average Bonchev–Trinajstić information content (AvgIpc) is 3.11. The highest BCUT2D eigenvalue weighted by molar-refractivity contribution is 6.00. The van der Waals surface area contributed by atoms with E-state index in [0.717, 1.165) is 24.8 Å². The summed E-state index contributed by atoms with van der Waals surface area (Å²) >= 11 is 0. The number of benzene rings is 1. The number of carbonyl (C=O) groups excluding carboxylic acids is 1. The molecule has 0 aliphatic heterocycles. The lowest BCUT2D eigenvalue weighted by Crippen LogP contribution is -2.11. The van der Waals surface area contributed by atoms with Crippen LogP contribution < -0.4 is 0 Å². The van der Waals surface area contributed by atoms with E-state index in [0.29, 0.717) is 11.7 Å². The summed E-state index contributed by atoms with van der Waals surface area (Å²) < 4.78 is 0. The van der Waals surface area contributed by atoms with Gasteiger partial charge in [-0.15, -0.1) is 0 Å². The van der Waals surface area contributed by atoms with Crippen molar-refractivity contribution >= 4 is 5.78 Å². The fourth-order valence-corrected chi connectivity index (χ4v) is 2.58. The number of Topliss-reactive ketones (excluding diaryl/α,β-unsaturated/α-hetero) is 1. The summed E-state index contributed by atoms with van der Waals surface area (Å²) in [7, 11) is 0. The summed E-state index contributed by atoms with van der Waals surface area (Å²) in [5.41, 5.74) is 3.82. The molecule has 1 aromatic rings. The Hall–Kier alpha value is -1.11. The molecule has 0 unspecified atom stereocenters. The highest BCUT2D eigenvalue weighted by atomic mass is 16.1. The largest absolute Gasteiger partial charge is 0.294 e. The Kier molecular flexibility index (Phi) is 2.12. The highest BCUT2D eigenvalue weighted by Crippen LogP contribution is 2.35. The smallest absolute Gasteiger partial charge is 0.166 e. The van der Waals surface area contributed by atoms with E-state index in [9.17, 15) is 4.79 Å². The molecular weight excluding hydrogens is 184 g/mol. The Bertz CT molecular complexity index is 402. The van der Waals surface area contributed by atoms with Crippen molar-refractivity contribution in [3.63, 3.8) is 0 Å². The summed E-state index contributed by atoms with van der Waals surface area (Å²) in [5, 5.41) is 0. The van der Waals surface area contributed by atoms with Crippen LogP contribution in [0.3, 0.4) is 0 Å². The van der Waals surface area contributed by atoms with Crippen LogP contribution in [0.4, 0.5) is 0 Å². The molecule has 0 saturated heterocycles. The van der Waals surface area contributed by atoms with Gasteiger partial charge in [0.05, 0.1) is 0 Å². The summed E-state index contributed by atoms with van der Waals surface area (Å²) in [5.74, 6) is 0.771. The molecule has 1 nitrogen and oxygen atoms in total. The predicted octanol–water partition coefficient (Wildman–Crippen LogP) is 3.16. The van der Waals surface area contributed by atoms with Crippen molar-refractivity contribution in [3.8, 4) is 0 Å². The van der Waals surface area contributed by atoms with Crippen LogP contribution in [0.1, 0.15) is 47.2 Å². The Balaban J connectivity index is 2.02. The summed E-state index contributed by atoms with van der Waals surface area (Å²) in [6.45, 7) is 0. The third-order valence-electron chi connectivity index (χ3n) is 3.61. The van der Waals surface area contributed by atoms with Gasteiger partial charge in [0.1, 0.15) is 0 Å². The number of hydrogen-bond donors (Lipinski definition) is 0. The van der Waals surface area contributed by atoms with Gasteiger partial charge in [-0.1, -0.05) is 18.2 Å². The average molecular weight is 200 g/mol. The van der Waals surface area contributed by atoms with Crippen molar-refractivity contribution in [2.45, 2.75) is 38.5 Å². The van der Waals surface area contributed by atoms with E-state index in [1.54, 1.807) is 0 Å². The fraction of sp³-hybridized carbons (Fsp3) is 0.500. The summed E-state index contributed by atoms with van der Waals surface area (Å²) in [6.07, 6.45) is 7.05. The molecule has 0 aromatic heterocycles. The first kappa shape index (κ1) is 9.14. The number of aryl methyl sites for hydroxylation is 1. The van der Waals surface area contributed by atoms with Crippen LogP contribution >= 0.6 is 0 Å². The second-order valence-electron chi connectivity index (χ2n) is 4.79. The third-order valence-corrected chi connectivity index (χ3v) is 3.61. The number of fused-ring (bicyclic) bond motifs is 1. The molecule has 1 saturated carbocycles. The zero-order chi connectivity index (χ0) is 10.3. The van der Waals surface area contributed by atoms with Crippen molar-refractivity contribution < 1.29 is 4.79 Å². The van der Waals surface area contributed by atoms with Crippen LogP contribution in [-0.4, -0.2) is 5.78 Å². The van der Waals surface area contributed by atoms with E-state index >= 15 is 0 Å². The zero-order valence-electron chi connectivity index (χ0n) is 8.96. The number of rotatable bonds is 2. The molecule has 3 rings (SSSR count). The standard InChI is InChI=1S/C14H16O/c15-14(11-8-9-11)13-7-3-5-10-4-1-2-6-12(10)13/h3,5,7,11H,1-2,4,6,8-9H2. The quantitative estimate of drug-likeness (QED) is 0.670. The van der Waals surface area contributed by atoms with Gasteiger partial charge in [-0.25, -0.2) is 0 Å². The second kappa shape index (κ2) is 3.48. The van der Waals surface area contributed by atoms with Crippen LogP contribution in [0.15, 0.2) is 18.2 Å². The lowest BCUT2D eigenvalue weighted by atomic mass is 9.86. The minimum atomic E-state index is 0.360. The van der Waals surface area contributed by atoms with E-state index in [1.807, 2.05) is 6.07 Å². The van der Waals surface area contributed by atoms with Crippen LogP contribution in [0.25, 0.3) is 0 Å². The van der Waals surface area contributed by atoms with E-state index in [2.05, 4.69) is 12.1 Å². The van der Waals surface area contributed by atoms with Gasteiger partial charge in [0.15, 0.2) is 5.78 Å². The third kappa shape index (κ3) is 1.60. The number of hydrogen-bond acceptors (Lipinski definition) is 1. The highest BCUT2D eigenvalue weighted by Gasteiger charge is 2.32. The minimum Gasteiger partial charge on any atom is -0.294 e. The van der Waals surface area contributed by atoms with E-state index in [-0.39, 0.29) is 0 Å². The molecule has 0 spiro atoms. The van der Waals surface area contributed by atoms with Crippen LogP contribution in [0.2, 0.25) is 0 Å². The Morgan fingerprint density at radius 2 is 1.93 bits per heavy atom. The molecule has 0 atom stereocenters. The normalized spacial score (nSPS) is 19.7. The first-order valence-corrected chi connectivity index (χ1v) is 6.01. The first-order chi connectivity index (χ1) is 7.36. The van der Waals surface area contributed by atoms with Gasteiger partial charge < -0.3 is 0 Å². The van der Waals surface area contributed by atoms with E-state index < -0.39 is 0 Å². The van der Waals surface area contributed by atoms with Crippen molar-refractivity contribution in [1.82, 2.24) is 0 Å². The molecule has 15 heavy (non-hydrogen) atoms. The number of ketones is 1. The Labute approximate surface area is 90.5 Å². The molecule has 1 aromatic carbocycles. The van der Waals surface area contributed by atoms with E-state index in [4.69, 9.17) is 0 Å². The molecule has 0 heterocycles. The zero-order valence-corrected chi connectivity index (χ0v) is 8.96. The van der Waals surface area contributed by atoms with Crippen LogP contribution in [0.5, 0.6) is 0 Å². The van der Waals surface area contributed by atoms with Crippen molar-refractivity contribution in [1.29, 1.82) is 0 Å². The predicted molar refractivity (Wildman–Crippen MR) is 60.1 cm³/mol. The van der Waals surface area contributed by atoms with Gasteiger partial charge in [-0.05, 0) is 49.7 Å². The second-order valence-corrected chi connectivity index (χ2v) is 4.79. The Morgan fingerprint density at radius 1 is 1.13 bits per heavy atom. The molecule has 2 aliphatic rings. The molecule has 78 valence electrons. The first-order valence-electron chi connectivity index (χ1n) is 6.01. The molecule has 0 radical (unpaired) electrons. The summed E-state index contributed by atoms with van der Waals surface area (Å²) in [4.78, 5) is 12.1. The van der Waals surface area contributed by atoms with E-state index in [1.165, 1.54) is 30.4 Å². The summed E-state index contributed by atoms with van der Waals surface area (Å²) in [6, 6.07) is 6.28. The molecular formula is C14H16O. The monoisotopic (exact) mass is 200 g/mol. The molecule has 0 N–H and O–H groups in total. The topological polar surface area (TPSA) is 17.1 Å². The van der Waals surface area contributed by atoms with Gasteiger partial charge in [-0.2, -0.15) is 0 Å². The van der Waals surface area contributed by atoms with Gasteiger partial charge in [0, 0.05) is 11.5 Å². The van der Waals surface area contributed by atoms with Crippen molar-refractivity contribution in [2.24, 2.45) is 5.92 Å². The molecule has 1 heteroatoms. The lowest BCUT2D eigenvalue weighted by molar-refractivity contribution is 0.0966. The minimum absolute atomic E-state index is 0.360. The maximum Gasteiger partial charge on any atom is 0.166 e.